The van der Waals surface area contributed by atoms with Crippen LogP contribution < -0.4 is 5.32 Å². The predicted molar refractivity (Wildman–Crippen MR) is 48.7 cm³/mol. The van der Waals surface area contributed by atoms with Crippen LogP contribution in [-0.4, -0.2) is 11.7 Å². The molecule has 68 valence electrons. The molecule has 12 heavy (non-hydrogen) atoms. The van der Waals surface area contributed by atoms with Crippen LogP contribution in [0.5, 0.6) is 0 Å². The standard InChI is InChI=1S/C9H15NO2/c1-5-6-7-10-8(11)12-9(2,3)4/h5-7H,1H2,2-4H3,(H,10,11)/b7-6+. The molecule has 0 fully saturated rings. The third-order valence-corrected chi connectivity index (χ3v) is 0.832. The third-order valence-electron chi connectivity index (χ3n) is 0.832. The molecule has 0 aromatic carbocycles. The van der Waals surface area contributed by atoms with Gasteiger partial charge in [0.1, 0.15) is 5.60 Å². The first kappa shape index (κ1) is 10.8. The highest BCUT2D eigenvalue weighted by Gasteiger charge is 2.14. The largest absolute Gasteiger partial charge is 0.444 e. The number of ether oxygens (including phenoxy) is 1. The third kappa shape index (κ3) is 6.86. The van der Waals surface area contributed by atoms with Crippen molar-refractivity contribution in [3.8, 4) is 0 Å². The summed E-state index contributed by atoms with van der Waals surface area (Å²) in [4.78, 5) is 10.9. The van der Waals surface area contributed by atoms with Crippen molar-refractivity contribution in [2.45, 2.75) is 26.4 Å². The van der Waals surface area contributed by atoms with Crippen molar-refractivity contribution in [3.05, 3.63) is 24.9 Å². The first-order valence-corrected chi connectivity index (χ1v) is 3.73. The molecule has 0 aromatic heterocycles. The van der Waals surface area contributed by atoms with Crippen LogP contribution in [-0.2, 0) is 4.74 Å². The quantitative estimate of drug-likeness (QED) is 0.643. The van der Waals surface area contributed by atoms with E-state index in [-0.39, 0.29) is 0 Å². The molecule has 0 heterocycles. The van der Waals surface area contributed by atoms with Gasteiger partial charge in [-0.25, -0.2) is 4.79 Å². The van der Waals surface area contributed by atoms with E-state index in [0.717, 1.165) is 0 Å². The fourth-order valence-electron chi connectivity index (χ4n) is 0.492. The van der Waals surface area contributed by atoms with E-state index >= 15 is 0 Å². The highest BCUT2D eigenvalue weighted by atomic mass is 16.6. The van der Waals surface area contributed by atoms with Crippen LogP contribution in [0, 0.1) is 0 Å². The fourth-order valence-corrected chi connectivity index (χ4v) is 0.492. The minimum atomic E-state index is -0.458. The molecule has 0 bridgehead atoms. The maximum Gasteiger partial charge on any atom is 0.411 e. The van der Waals surface area contributed by atoms with E-state index in [1.54, 1.807) is 12.2 Å². The molecule has 0 atom stereocenters. The average molecular weight is 169 g/mol. The number of carbonyl (C=O) groups is 1. The minimum absolute atomic E-state index is 0.452. The van der Waals surface area contributed by atoms with E-state index in [2.05, 4.69) is 11.9 Å². The van der Waals surface area contributed by atoms with Gasteiger partial charge in [0.2, 0.25) is 0 Å². The first-order valence-electron chi connectivity index (χ1n) is 3.73. The van der Waals surface area contributed by atoms with Crippen molar-refractivity contribution in [1.29, 1.82) is 0 Å². The Bertz CT molecular complexity index is 189. The van der Waals surface area contributed by atoms with Gasteiger partial charge in [-0.05, 0) is 26.8 Å². The first-order chi connectivity index (χ1) is 5.45. The SMILES string of the molecule is C=C/C=C/NC(=O)OC(C)(C)C. The molecule has 1 amide bonds. The van der Waals surface area contributed by atoms with Gasteiger partial charge in [-0.2, -0.15) is 0 Å². The normalized spacial score (nSPS) is 11.2. The second-order valence-corrected chi connectivity index (χ2v) is 3.24. The van der Waals surface area contributed by atoms with Gasteiger partial charge < -0.3 is 4.74 Å². The molecule has 0 spiro atoms. The molecule has 0 aromatic rings. The van der Waals surface area contributed by atoms with Crippen molar-refractivity contribution in [2.24, 2.45) is 0 Å². The molecule has 3 nitrogen and oxygen atoms in total. The molecule has 0 aliphatic rings. The molecule has 0 saturated carbocycles. The van der Waals surface area contributed by atoms with Gasteiger partial charge in [0.25, 0.3) is 0 Å². The van der Waals surface area contributed by atoms with Crippen LogP contribution >= 0.6 is 0 Å². The number of alkyl carbamates (subject to hydrolysis) is 1. The summed E-state index contributed by atoms with van der Waals surface area (Å²) in [7, 11) is 0. The van der Waals surface area contributed by atoms with Gasteiger partial charge in [0, 0.05) is 6.20 Å². The van der Waals surface area contributed by atoms with E-state index in [1.807, 2.05) is 20.8 Å². The Morgan fingerprint density at radius 3 is 2.50 bits per heavy atom. The summed E-state index contributed by atoms with van der Waals surface area (Å²) in [6, 6.07) is 0. The number of carbonyl (C=O) groups excluding carboxylic acids is 1. The van der Waals surface area contributed by atoms with Gasteiger partial charge in [0.05, 0.1) is 0 Å². The van der Waals surface area contributed by atoms with Crippen molar-refractivity contribution in [1.82, 2.24) is 5.32 Å². The number of amides is 1. The summed E-state index contributed by atoms with van der Waals surface area (Å²) in [5.74, 6) is 0. The summed E-state index contributed by atoms with van der Waals surface area (Å²) >= 11 is 0. The van der Waals surface area contributed by atoms with Crippen molar-refractivity contribution in [2.75, 3.05) is 0 Å². The Morgan fingerprint density at radius 2 is 2.08 bits per heavy atom. The maximum absolute atomic E-state index is 10.9. The van der Waals surface area contributed by atoms with E-state index < -0.39 is 11.7 Å². The molecule has 0 radical (unpaired) electrons. The zero-order valence-electron chi connectivity index (χ0n) is 7.76. The topological polar surface area (TPSA) is 38.3 Å². The summed E-state index contributed by atoms with van der Waals surface area (Å²) < 4.78 is 4.95. The lowest BCUT2D eigenvalue weighted by Crippen LogP contribution is -2.29. The van der Waals surface area contributed by atoms with Gasteiger partial charge in [0.15, 0.2) is 0 Å². The maximum atomic E-state index is 10.9. The number of nitrogens with one attached hydrogen (secondary N) is 1. The molecular formula is C9H15NO2. The van der Waals surface area contributed by atoms with E-state index in [9.17, 15) is 4.79 Å². The summed E-state index contributed by atoms with van der Waals surface area (Å²) in [6.45, 7) is 8.88. The van der Waals surface area contributed by atoms with Crippen LogP contribution in [0.3, 0.4) is 0 Å². The fraction of sp³-hybridized carbons (Fsp3) is 0.444. The Hall–Kier alpha value is -1.25. The van der Waals surface area contributed by atoms with Crippen LogP contribution in [0.1, 0.15) is 20.8 Å². The molecule has 3 heteroatoms. The number of rotatable bonds is 2. The van der Waals surface area contributed by atoms with Crippen molar-refractivity contribution < 1.29 is 9.53 Å². The summed E-state index contributed by atoms with van der Waals surface area (Å²) in [6.07, 6.45) is 4.20. The summed E-state index contributed by atoms with van der Waals surface area (Å²) in [5, 5.41) is 2.43. The minimum Gasteiger partial charge on any atom is -0.444 e. The van der Waals surface area contributed by atoms with Crippen LogP contribution in [0.4, 0.5) is 4.79 Å². The molecular weight excluding hydrogens is 154 g/mol. The van der Waals surface area contributed by atoms with E-state index in [4.69, 9.17) is 4.74 Å². The Balaban J connectivity index is 3.75. The van der Waals surface area contributed by atoms with Gasteiger partial charge in [-0.3, -0.25) is 5.32 Å². The Labute approximate surface area is 73.1 Å². The smallest absolute Gasteiger partial charge is 0.411 e. The lowest BCUT2D eigenvalue weighted by atomic mass is 10.2. The highest BCUT2D eigenvalue weighted by molar-refractivity contribution is 5.68. The van der Waals surface area contributed by atoms with Gasteiger partial charge in [-0.1, -0.05) is 12.7 Å². The zero-order valence-corrected chi connectivity index (χ0v) is 7.76. The monoisotopic (exact) mass is 169 g/mol. The summed E-state index contributed by atoms with van der Waals surface area (Å²) in [5.41, 5.74) is -0.452. The zero-order chi connectivity index (χ0) is 9.61. The predicted octanol–water partition coefficient (Wildman–Crippen LogP) is 2.21. The molecule has 0 saturated heterocycles. The second kappa shape index (κ2) is 4.59. The lowest BCUT2D eigenvalue weighted by molar-refractivity contribution is 0.0552. The van der Waals surface area contributed by atoms with Gasteiger partial charge >= 0.3 is 6.09 Å². The molecule has 1 N–H and O–H groups in total. The molecule has 0 aliphatic heterocycles. The lowest BCUT2D eigenvalue weighted by Gasteiger charge is -2.18. The molecule has 0 aliphatic carbocycles. The number of hydrogen-bond acceptors (Lipinski definition) is 2. The molecule has 0 unspecified atom stereocenters. The van der Waals surface area contributed by atoms with Crippen molar-refractivity contribution in [3.63, 3.8) is 0 Å². The van der Waals surface area contributed by atoms with Crippen LogP contribution in [0.25, 0.3) is 0 Å². The van der Waals surface area contributed by atoms with E-state index in [0.29, 0.717) is 0 Å². The van der Waals surface area contributed by atoms with Crippen LogP contribution in [0.2, 0.25) is 0 Å². The highest BCUT2D eigenvalue weighted by Crippen LogP contribution is 2.05. The second-order valence-electron chi connectivity index (χ2n) is 3.24. The Morgan fingerprint density at radius 1 is 1.50 bits per heavy atom. The van der Waals surface area contributed by atoms with E-state index in [1.165, 1.54) is 6.20 Å². The van der Waals surface area contributed by atoms with Crippen molar-refractivity contribution >= 4 is 6.09 Å². The van der Waals surface area contributed by atoms with Gasteiger partial charge in [-0.15, -0.1) is 0 Å². The average Bonchev–Trinajstić information content (AvgIpc) is 1.84. The molecule has 0 rings (SSSR count). The Kier molecular flexibility index (Phi) is 4.11. The number of hydrogen-bond donors (Lipinski definition) is 1. The number of allylic oxidation sites excluding steroid dienone is 2. The van der Waals surface area contributed by atoms with Crippen LogP contribution in [0.15, 0.2) is 24.9 Å².